The van der Waals surface area contributed by atoms with E-state index in [1.807, 2.05) is 23.7 Å². The molecular formula is C36H60Cr. The Labute approximate surface area is 243 Å². The Kier molecular flexibility index (Phi) is 10.4. The molecule has 0 amide bonds. The third-order valence-corrected chi connectivity index (χ3v) is 13.1. The van der Waals surface area contributed by atoms with Crippen LogP contribution in [-0.4, -0.2) is 0 Å². The number of hydrogen-bond acceptors (Lipinski definition) is 0. The molecule has 12 atom stereocenters. The van der Waals surface area contributed by atoms with Crippen LogP contribution in [0.5, 0.6) is 0 Å². The van der Waals surface area contributed by atoms with Crippen molar-refractivity contribution >= 4 is 0 Å². The molecule has 0 aromatic heterocycles. The van der Waals surface area contributed by atoms with Crippen LogP contribution in [0.15, 0.2) is 0 Å². The van der Waals surface area contributed by atoms with Crippen molar-refractivity contribution in [1.29, 1.82) is 0 Å². The summed E-state index contributed by atoms with van der Waals surface area (Å²) in [5, 5.41) is 0. The monoisotopic (exact) mass is 544 g/mol. The van der Waals surface area contributed by atoms with Gasteiger partial charge in [0.2, 0.25) is 0 Å². The fourth-order valence-electron chi connectivity index (χ4n) is 10.2. The van der Waals surface area contributed by atoms with E-state index < -0.39 is 0 Å². The van der Waals surface area contributed by atoms with Gasteiger partial charge in [-0.1, -0.05) is 128 Å². The smallest absolute Gasteiger partial charge is 0.310 e. The van der Waals surface area contributed by atoms with Gasteiger partial charge >= 0.3 is 17.4 Å². The molecule has 37 heavy (non-hydrogen) atoms. The minimum absolute atomic E-state index is 0. The third-order valence-electron chi connectivity index (χ3n) is 13.1. The third kappa shape index (κ3) is 6.72. The summed E-state index contributed by atoms with van der Waals surface area (Å²) in [6.07, 6.45) is 17.7. The van der Waals surface area contributed by atoms with Crippen molar-refractivity contribution in [1.82, 2.24) is 0 Å². The molecule has 0 saturated heterocycles. The Balaban J connectivity index is 0.000000114. The quantitative estimate of drug-likeness (QED) is 0.266. The molecule has 12 unspecified atom stereocenters. The van der Waals surface area contributed by atoms with Gasteiger partial charge < -0.3 is 23.7 Å². The predicted molar refractivity (Wildman–Crippen MR) is 156 cm³/mol. The van der Waals surface area contributed by atoms with Crippen molar-refractivity contribution in [2.45, 2.75) is 132 Å². The largest absolute Gasteiger partial charge is 4.00 e. The van der Waals surface area contributed by atoms with Crippen LogP contribution < -0.4 is 0 Å². The van der Waals surface area contributed by atoms with E-state index in [1.54, 1.807) is 0 Å². The van der Waals surface area contributed by atoms with Gasteiger partial charge in [-0.3, -0.25) is 0 Å². The first-order chi connectivity index (χ1) is 17.1. The zero-order chi connectivity index (χ0) is 25.7. The van der Waals surface area contributed by atoms with Gasteiger partial charge in [-0.25, -0.2) is 0 Å². The van der Waals surface area contributed by atoms with E-state index in [1.165, 1.54) is 77.0 Å². The summed E-state index contributed by atoms with van der Waals surface area (Å²) in [5.74, 6) is 19.8. The van der Waals surface area contributed by atoms with Crippen molar-refractivity contribution in [3.63, 3.8) is 0 Å². The molecule has 0 spiro atoms. The second-order valence-electron chi connectivity index (χ2n) is 15.8. The van der Waals surface area contributed by atoms with Crippen molar-refractivity contribution in [2.24, 2.45) is 71.0 Å². The second kappa shape index (κ2) is 12.6. The first kappa shape index (κ1) is 30.5. The Bertz CT molecular complexity index is 523. The molecule has 0 aromatic carbocycles. The molecule has 1 heteroatoms. The molecule has 8 rings (SSSR count). The van der Waals surface area contributed by atoms with Crippen molar-refractivity contribution in [2.75, 3.05) is 0 Å². The van der Waals surface area contributed by atoms with E-state index in [9.17, 15) is 0 Å². The van der Waals surface area contributed by atoms with Gasteiger partial charge in [-0.05, 0) is 0 Å². The number of hydrogen-bond donors (Lipinski definition) is 0. The second-order valence-corrected chi connectivity index (χ2v) is 15.8. The first-order valence-corrected chi connectivity index (χ1v) is 16.5. The number of rotatable bonds is 0. The maximum Gasteiger partial charge on any atom is 4.00 e. The summed E-state index contributed by atoms with van der Waals surface area (Å²) in [5.41, 5.74) is 0. The normalized spacial score (nSPS) is 49.3. The van der Waals surface area contributed by atoms with Crippen LogP contribution in [0, 0.1) is 94.7 Å². The summed E-state index contributed by atoms with van der Waals surface area (Å²) < 4.78 is 0. The van der Waals surface area contributed by atoms with Gasteiger partial charge in [0.25, 0.3) is 0 Å². The molecule has 210 valence electrons. The molecule has 0 N–H and O–H groups in total. The molecular weight excluding hydrogens is 484 g/mol. The van der Waals surface area contributed by atoms with Crippen molar-refractivity contribution in [3.05, 3.63) is 23.7 Å². The standard InChI is InChI=1S/4C9H15.Cr/c4*1-6-3-9-5-8(6)4-7(9)2;/h4*6-8H,3-5H2,1-2H3;/q4*-1;+4. The van der Waals surface area contributed by atoms with Gasteiger partial charge in [0.15, 0.2) is 0 Å². The zero-order valence-electron chi connectivity index (χ0n) is 25.8. The summed E-state index contributed by atoms with van der Waals surface area (Å²) in [6.45, 7) is 19.2. The van der Waals surface area contributed by atoms with Gasteiger partial charge in [-0.2, -0.15) is 75.0 Å². The van der Waals surface area contributed by atoms with Crippen molar-refractivity contribution < 1.29 is 17.4 Å². The fourth-order valence-corrected chi connectivity index (χ4v) is 10.2. The predicted octanol–water partition coefficient (Wildman–Crippen LogP) is 10.6. The summed E-state index contributed by atoms with van der Waals surface area (Å²) in [7, 11) is 0. The van der Waals surface area contributed by atoms with E-state index in [-0.39, 0.29) is 17.4 Å². The van der Waals surface area contributed by atoms with Gasteiger partial charge in [0, 0.05) is 0 Å². The first-order valence-electron chi connectivity index (χ1n) is 16.5. The minimum atomic E-state index is 0. The van der Waals surface area contributed by atoms with E-state index in [2.05, 4.69) is 55.4 Å². The average molecular weight is 545 g/mol. The molecule has 0 aromatic rings. The Hall–Kier alpha value is 0.532. The Morgan fingerprint density at radius 2 is 0.514 bits per heavy atom. The summed E-state index contributed by atoms with van der Waals surface area (Å²) in [4.78, 5) is 0. The molecule has 0 aliphatic heterocycles. The molecule has 0 radical (unpaired) electrons. The summed E-state index contributed by atoms with van der Waals surface area (Å²) >= 11 is 0. The Morgan fingerprint density at radius 1 is 0.324 bits per heavy atom. The van der Waals surface area contributed by atoms with Gasteiger partial charge in [-0.15, -0.1) is 0 Å². The van der Waals surface area contributed by atoms with E-state index >= 15 is 0 Å². The zero-order valence-corrected chi connectivity index (χ0v) is 27.1. The fraction of sp³-hybridized carbons (Fsp3) is 0.889. The van der Waals surface area contributed by atoms with Gasteiger partial charge in [0.05, 0.1) is 0 Å². The van der Waals surface area contributed by atoms with E-state index in [4.69, 9.17) is 0 Å². The van der Waals surface area contributed by atoms with Crippen molar-refractivity contribution in [3.8, 4) is 0 Å². The number of fused-ring (bicyclic) bond motifs is 8. The Morgan fingerprint density at radius 3 is 0.595 bits per heavy atom. The van der Waals surface area contributed by atoms with Crippen LogP contribution in [0.1, 0.15) is 132 Å². The molecule has 8 aliphatic carbocycles. The SMILES string of the molecule is CC1CC2C[C-]1CC2C.CC1CC2C[C-]1CC2C.CC1CC2C[C-]1CC2C.CC1CC2C[C-]1CC2C.[Cr+4]. The van der Waals surface area contributed by atoms with Crippen LogP contribution in [-0.2, 0) is 17.4 Å². The van der Waals surface area contributed by atoms with E-state index in [0.29, 0.717) is 0 Å². The van der Waals surface area contributed by atoms with Crippen LogP contribution in [0.4, 0.5) is 0 Å². The molecule has 8 bridgehead atoms. The molecule has 8 aliphatic rings. The van der Waals surface area contributed by atoms with Crippen LogP contribution >= 0.6 is 0 Å². The maximum absolute atomic E-state index is 2.41. The molecule has 0 heterocycles. The maximum atomic E-state index is 2.41. The molecule has 8 saturated carbocycles. The van der Waals surface area contributed by atoms with Crippen LogP contribution in [0.25, 0.3) is 0 Å². The molecule has 8 fully saturated rings. The van der Waals surface area contributed by atoms with Crippen LogP contribution in [0.2, 0.25) is 0 Å². The van der Waals surface area contributed by atoms with Gasteiger partial charge in [0.1, 0.15) is 0 Å². The minimum Gasteiger partial charge on any atom is -0.310 e. The van der Waals surface area contributed by atoms with E-state index in [0.717, 1.165) is 71.0 Å². The summed E-state index contributed by atoms with van der Waals surface area (Å²) in [6, 6.07) is 0. The topological polar surface area (TPSA) is 0 Å². The average Bonchev–Trinajstić information content (AvgIpc) is 3.66. The van der Waals surface area contributed by atoms with Crippen LogP contribution in [0.3, 0.4) is 0 Å². The molecule has 0 nitrogen and oxygen atoms in total.